The summed E-state index contributed by atoms with van der Waals surface area (Å²) in [5, 5.41) is 20.7. The molecule has 19 heteroatoms. The topological polar surface area (TPSA) is 228 Å². The van der Waals surface area contributed by atoms with E-state index in [1.165, 1.54) is 30.8 Å². The van der Waals surface area contributed by atoms with Crippen molar-refractivity contribution in [3.63, 3.8) is 0 Å². The average Bonchev–Trinajstić information content (AvgIpc) is 3.82. The van der Waals surface area contributed by atoms with Crippen molar-refractivity contribution in [1.29, 1.82) is 0 Å². The third kappa shape index (κ3) is 15.5. The molecule has 0 spiro atoms. The van der Waals surface area contributed by atoms with E-state index < -0.39 is 122 Å². The van der Waals surface area contributed by atoms with E-state index >= 15 is 9.59 Å². The molecule has 5 amide bonds. The number of esters is 2. The lowest BCUT2D eigenvalue weighted by Gasteiger charge is -2.47. The number of amides is 5. The van der Waals surface area contributed by atoms with Gasteiger partial charge in [0.15, 0.2) is 0 Å². The number of ether oxygens (including phenoxy) is 4. The van der Waals surface area contributed by atoms with Gasteiger partial charge in [-0.2, -0.15) is 0 Å². The van der Waals surface area contributed by atoms with Crippen LogP contribution in [0.3, 0.4) is 0 Å². The van der Waals surface area contributed by atoms with Gasteiger partial charge in [-0.15, -0.1) is 0 Å². The summed E-state index contributed by atoms with van der Waals surface area (Å²) in [4.78, 5) is 106. The van der Waals surface area contributed by atoms with Crippen molar-refractivity contribution in [2.45, 2.75) is 240 Å². The van der Waals surface area contributed by atoms with E-state index in [0.717, 1.165) is 11.1 Å². The predicted molar refractivity (Wildman–Crippen MR) is 288 cm³/mol. The second-order valence-electron chi connectivity index (χ2n) is 24.0. The minimum absolute atomic E-state index is 0.0235. The number of methoxy groups -OCH3 is 1. The molecule has 0 bridgehead atoms. The predicted octanol–water partition coefficient (Wildman–Crippen LogP) is 7.36. The number of aliphatic hydroxyl groups is 1. The van der Waals surface area contributed by atoms with E-state index in [1.807, 2.05) is 33.8 Å². The Morgan fingerprint density at radius 1 is 0.840 bits per heavy atom. The Morgan fingerprint density at radius 2 is 1.47 bits per heavy atom. The summed E-state index contributed by atoms with van der Waals surface area (Å²) in [7, 11) is -1.34. The molecule has 3 aliphatic heterocycles. The van der Waals surface area contributed by atoms with Crippen LogP contribution in [0.15, 0.2) is 18.2 Å². The van der Waals surface area contributed by atoms with Crippen molar-refractivity contribution in [3.05, 3.63) is 29.3 Å². The van der Waals surface area contributed by atoms with Crippen LogP contribution in [0, 0.1) is 23.7 Å². The van der Waals surface area contributed by atoms with Gasteiger partial charge in [-0.25, -0.2) is 9.59 Å². The maximum absolute atomic E-state index is 15.2. The Hall–Kier alpha value is -4.75. The first-order chi connectivity index (χ1) is 34.9. The molecule has 0 saturated carbocycles. The first-order valence-electron chi connectivity index (χ1n) is 27.5. The maximum atomic E-state index is 15.2. The number of alkyl carbamates (subject to hydrolysis) is 1. The lowest BCUT2D eigenvalue weighted by atomic mass is 9.90. The molecule has 4 N–H and O–H groups in total. The van der Waals surface area contributed by atoms with Crippen LogP contribution in [-0.2, 0) is 60.4 Å². The molecule has 2 fully saturated rings. The molecule has 424 valence electrons. The van der Waals surface area contributed by atoms with Crippen LogP contribution in [0.1, 0.15) is 161 Å². The monoisotopic (exact) mass is 1070 g/mol. The molecule has 4 rings (SSSR count). The Balaban J connectivity index is 1.98. The van der Waals surface area contributed by atoms with Gasteiger partial charge in [-0.05, 0) is 105 Å². The van der Waals surface area contributed by atoms with Crippen LogP contribution < -0.4 is 20.7 Å². The number of aliphatic hydroxyl groups excluding tert-OH is 1. The fourth-order valence-corrected chi connectivity index (χ4v) is 17.0. The van der Waals surface area contributed by atoms with Crippen molar-refractivity contribution >= 4 is 50.0 Å². The first-order valence-corrected chi connectivity index (χ1v) is 29.6. The van der Waals surface area contributed by atoms with Crippen LogP contribution in [0.2, 0.25) is 16.6 Å². The third-order valence-electron chi connectivity index (χ3n) is 15.6. The highest BCUT2D eigenvalue weighted by molar-refractivity contribution is 6.77. The molecule has 18 nitrogen and oxygen atoms in total. The zero-order chi connectivity index (χ0) is 56.6. The summed E-state index contributed by atoms with van der Waals surface area (Å²) < 4.78 is 31.0. The van der Waals surface area contributed by atoms with Gasteiger partial charge in [0, 0.05) is 19.5 Å². The highest BCUT2D eigenvalue weighted by Gasteiger charge is 2.51. The Labute approximate surface area is 448 Å². The normalized spacial score (nSPS) is 27.8. The zero-order valence-electron chi connectivity index (χ0n) is 48.4. The van der Waals surface area contributed by atoms with Gasteiger partial charge >= 0.3 is 18.0 Å². The van der Waals surface area contributed by atoms with E-state index in [9.17, 15) is 29.1 Å². The summed E-state index contributed by atoms with van der Waals surface area (Å²) in [5.74, 6) is -5.48. The molecule has 2 saturated heterocycles. The SMILES string of the molecule is CC[C@H](C)[C@H]1NC(=O)[C@@H](NC(=O)OC(C)(C)C)[C@@H](C)OC(=O)[C@@H]2Cc3ccc(OC)cc3CN2C(=O)[C@@H]2CCCN2C(=O)[C@H](CC(C)C)NC(=O)[C@@H](C)[C@H](O)[C@H](C(C)C)OC(=O)C[C@@H]1O[Si](C(C)C)(C(C)C)C(C)C. The smallest absolute Gasteiger partial charge is 0.408 e. The lowest BCUT2D eigenvalue weighted by molar-refractivity contribution is -0.166. The van der Waals surface area contributed by atoms with Crippen molar-refractivity contribution in [3.8, 4) is 5.75 Å². The zero-order valence-corrected chi connectivity index (χ0v) is 49.4. The Kier molecular flexibility index (Phi) is 22.2. The molecule has 3 heterocycles. The van der Waals surface area contributed by atoms with Gasteiger partial charge in [0.05, 0.1) is 31.6 Å². The second-order valence-corrected chi connectivity index (χ2v) is 29.4. The van der Waals surface area contributed by atoms with E-state index in [0.29, 0.717) is 18.6 Å². The summed E-state index contributed by atoms with van der Waals surface area (Å²) in [6, 6.07) is -0.401. The molecular formula is C56H93N5O13Si. The number of nitrogens with one attached hydrogen (secondary N) is 3. The van der Waals surface area contributed by atoms with Gasteiger partial charge in [0.1, 0.15) is 53.8 Å². The van der Waals surface area contributed by atoms with Crippen LogP contribution in [0.4, 0.5) is 4.79 Å². The Morgan fingerprint density at radius 3 is 2.01 bits per heavy atom. The summed E-state index contributed by atoms with van der Waals surface area (Å²) >= 11 is 0. The maximum Gasteiger partial charge on any atom is 0.408 e. The number of nitrogens with zero attached hydrogens (tertiary/aromatic N) is 2. The quantitative estimate of drug-likeness (QED) is 0.0913. The lowest BCUT2D eigenvalue weighted by Crippen LogP contribution is -2.62. The molecule has 0 aliphatic carbocycles. The van der Waals surface area contributed by atoms with E-state index in [2.05, 4.69) is 57.5 Å². The largest absolute Gasteiger partial charge is 0.497 e. The number of hydrogen-bond donors (Lipinski definition) is 4. The molecule has 0 unspecified atom stereocenters. The van der Waals surface area contributed by atoms with Crippen molar-refractivity contribution in [2.75, 3.05) is 13.7 Å². The van der Waals surface area contributed by atoms with Gasteiger partial charge in [-0.3, -0.25) is 24.0 Å². The minimum atomic E-state index is -2.87. The van der Waals surface area contributed by atoms with Crippen LogP contribution in [0.5, 0.6) is 5.75 Å². The van der Waals surface area contributed by atoms with Crippen LogP contribution >= 0.6 is 0 Å². The highest BCUT2D eigenvalue weighted by atomic mass is 28.4. The molecule has 0 aromatic heterocycles. The van der Waals surface area contributed by atoms with Crippen LogP contribution in [0.25, 0.3) is 0 Å². The van der Waals surface area contributed by atoms with E-state index in [4.69, 9.17) is 23.4 Å². The number of hydrogen-bond acceptors (Lipinski definition) is 13. The minimum Gasteiger partial charge on any atom is -0.497 e. The molecular weight excluding hydrogens is 979 g/mol. The molecule has 1 aromatic rings. The number of carbonyl (C=O) groups excluding carboxylic acids is 7. The number of rotatable bonds is 12. The van der Waals surface area contributed by atoms with Gasteiger partial charge < -0.3 is 54.2 Å². The van der Waals surface area contributed by atoms with E-state index in [-0.39, 0.29) is 67.2 Å². The van der Waals surface area contributed by atoms with Gasteiger partial charge in [-0.1, -0.05) is 102 Å². The molecule has 11 atom stereocenters. The second kappa shape index (κ2) is 26.5. The fraction of sp³-hybridized carbons (Fsp3) is 0.768. The molecule has 75 heavy (non-hydrogen) atoms. The van der Waals surface area contributed by atoms with Crippen LogP contribution in [-0.4, -0.2) is 139 Å². The fourth-order valence-electron chi connectivity index (χ4n) is 11.4. The van der Waals surface area contributed by atoms with Crippen molar-refractivity contribution in [1.82, 2.24) is 25.8 Å². The van der Waals surface area contributed by atoms with Gasteiger partial charge in [0.25, 0.3) is 0 Å². The number of fused-ring (bicyclic) bond motifs is 3. The highest BCUT2D eigenvalue weighted by Crippen LogP contribution is 2.44. The number of cyclic esters (lactones) is 2. The molecule has 1 aromatic carbocycles. The first kappa shape index (κ1) is 62.8. The summed E-state index contributed by atoms with van der Waals surface area (Å²) in [6.07, 6.45) is -4.86. The summed E-state index contributed by atoms with van der Waals surface area (Å²) in [5.41, 5.74) is 0.654. The van der Waals surface area contributed by atoms with Crippen molar-refractivity contribution < 1.29 is 62.0 Å². The molecule has 0 radical (unpaired) electrons. The van der Waals surface area contributed by atoms with Crippen molar-refractivity contribution in [2.24, 2.45) is 23.7 Å². The average molecular weight is 1070 g/mol. The summed E-state index contributed by atoms with van der Waals surface area (Å²) in [6.45, 7) is 32.0. The number of carbonyl (C=O) groups is 7. The molecule has 3 aliphatic rings. The van der Waals surface area contributed by atoms with Gasteiger partial charge in [0.2, 0.25) is 31.9 Å². The third-order valence-corrected chi connectivity index (χ3v) is 21.7. The van der Waals surface area contributed by atoms with E-state index in [1.54, 1.807) is 46.8 Å². The Bertz CT molecular complexity index is 2140. The number of benzene rings is 1. The standard InChI is InChI=1S/C56H93N5O13Si/c1-19-35(12)46-44(74-75(32(6)7,33(8)9)34(10)11)28-45(62)72-49(31(4)5)48(63)36(13)50(64)57-41(25-30(2)3)52(66)60-24-20-21-42(60)53(67)61-29-39-26-40(70-18)23-22-38(39)27-43(61)54(68)71-37(14)47(51(65)58-46)59-55(69)73-56(15,16)17/h22-23,26,30-37,41-44,46-49,63H,19-21,24-25,27-29H2,1-18H3,(H,57,64)(H,58,65)(H,59,69)/t35-,36-,37+,41-,42-,43-,44-,46+,47-,48-,49-/m0/s1.